The standard InChI is InChI=1S/C24H19N3O7/c1-33-23(29)18-12-19(14-20(13-18)27(31)32)24(30)34-15-21(28)25-26-22(16-8-4-2-5-9-16)17-10-6-3-7-11-17/h2-14H,15H2,1H3,(H,25,28). The van der Waals surface area contributed by atoms with Gasteiger partial charge in [-0.3, -0.25) is 14.9 Å². The number of nitrogens with zero attached hydrogens (tertiary/aromatic N) is 2. The van der Waals surface area contributed by atoms with Gasteiger partial charge in [-0.15, -0.1) is 0 Å². The van der Waals surface area contributed by atoms with Crippen LogP contribution in [0.3, 0.4) is 0 Å². The molecule has 0 aromatic heterocycles. The Hall–Kier alpha value is -4.86. The number of esters is 2. The Kier molecular flexibility index (Phi) is 7.79. The van der Waals surface area contributed by atoms with Crippen molar-refractivity contribution in [3.05, 3.63) is 111 Å². The van der Waals surface area contributed by atoms with E-state index in [1.807, 2.05) is 60.7 Å². The van der Waals surface area contributed by atoms with Gasteiger partial charge in [0.15, 0.2) is 6.61 Å². The van der Waals surface area contributed by atoms with E-state index in [0.717, 1.165) is 36.4 Å². The molecular formula is C24H19N3O7. The number of carbonyl (C=O) groups is 3. The van der Waals surface area contributed by atoms with Gasteiger partial charge in [-0.1, -0.05) is 60.7 Å². The third-order valence-corrected chi connectivity index (χ3v) is 4.51. The highest BCUT2D eigenvalue weighted by Gasteiger charge is 2.20. The molecule has 0 saturated carbocycles. The van der Waals surface area contributed by atoms with E-state index in [1.165, 1.54) is 0 Å². The third kappa shape index (κ3) is 6.10. The molecule has 172 valence electrons. The molecule has 3 aromatic carbocycles. The van der Waals surface area contributed by atoms with Crippen LogP contribution in [-0.4, -0.2) is 42.2 Å². The molecule has 3 aromatic rings. The molecule has 0 radical (unpaired) electrons. The number of carbonyl (C=O) groups excluding carboxylic acids is 3. The summed E-state index contributed by atoms with van der Waals surface area (Å²) in [5.74, 6) is -2.62. The molecule has 0 aliphatic heterocycles. The predicted molar refractivity (Wildman–Crippen MR) is 121 cm³/mol. The van der Waals surface area contributed by atoms with Crippen LogP contribution in [0.25, 0.3) is 0 Å². The fourth-order valence-corrected chi connectivity index (χ4v) is 2.92. The van der Waals surface area contributed by atoms with Gasteiger partial charge in [0.25, 0.3) is 11.6 Å². The van der Waals surface area contributed by atoms with Gasteiger partial charge in [0.2, 0.25) is 0 Å². The molecule has 0 bridgehead atoms. The summed E-state index contributed by atoms with van der Waals surface area (Å²) in [4.78, 5) is 46.7. The summed E-state index contributed by atoms with van der Waals surface area (Å²) in [6, 6.07) is 21.4. The number of non-ortho nitro benzene ring substituents is 1. The van der Waals surface area contributed by atoms with Crippen molar-refractivity contribution in [2.24, 2.45) is 5.10 Å². The highest BCUT2D eigenvalue weighted by Crippen LogP contribution is 2.19. The number of hydrogen-bond donors (Lipinski definition) is 1. The van der Waals surface area contributed by atoms with E-state index in [0.29, 0.717) is 5.71 Å². The van der Waals surface area contributed by atoms with Crippen molar-refractivity contribution in [2.45, 2.75) is 0 Å². The SMILES string of the molecule is COC(=O)c1cc(C(=O)OCC(=O)NN=C(c2ccccc2)c2ccccc2)cc([N+](=O)[O-])c1. The number of nitro benzene ring substituents is 1. The number of benzene rings is 3. The second-order valence-electron chi connectivity index (χ2n) is 6.82. The topological polar surface area (TPSA) is 137 Å². The van der Waals surface area contributed by atoms with Gasteiger partial charge in [0.05, 0.1) is 28.9 Å². The second-order valence-corrected chi connectivity index (χ2v) is 6.82. The molecule has 1 amide bonds. The molecule has 0 aliphatic carbocycles. The van der Waals surface area contributed by atoms with Gasteiger partial charge in [-0.25, -0.2) is 15.0 Å². The molecular weight excluding hydrogens is 442 g/mol. The Labute approximate surface area is 194 Å². The van der Waals surface area contributed by atoms with E-state index in [2.05, 4.69) is 15.3 Å². The van der Waals surface area contributed by atoms with Crippen molar-refractivity contribution in [1.29, 1.82) is 0 Å². The van der Waals surface area contributed by atoms with Crippen LogP contribution < -0.4 is 5.43 Å². The van der Waals surface area contributed by atoms with E-state index in [4.69, 9.17) is 4.74 Å². The van der Waals surface area contributed by atoms with Crippen LogP contribution in [0.15, 0.2) is 84.0 Å². The zero-order chi connectivity index (χ0) is 24.5. The first kappa shape index (κ1) is 23.8. The van der Waals surface area contributed by atoms with Crippen LogP contribution in [-0.2, 0) is 14.3 Å². The van der Waals surface area contributed by atoms with E-state index in [-0.39, 0.29) is 11.1 Å². The number of methoxy groups -OCH3 is 1. The van der Waals surface area contributed by atoms with Crippen LogP contribution in [0.1, 0.15) is 31.8 Å². The van der Waals surface area contributed by atoms with E-state index < -0.39 is 35.1 Å². The zero-order valence-electron chi connectivity index (χ0n) is 18.0. The fraction of sp³-hybridized carbons (Fsp3) is 0.0833. The highest BCUT2D eigenvalue weighted by atomic mass is 16.6. The monoisotopic (exact) mass is 461 g/mol. The quantitative estimate of drug-likeness (QED) is 0.235. The maximum absolute atomic E-state index is 12.4. The molecule has 0 saturated heterocycles. The number of nitro groups is 1. The minimum Gasteiger partial charge on any atom is -0.465 e. The van der Waals surface area contributed by atoms with Crippen LogP contribution in [0.4, 0.5) is 5.69 Å². The minimum atomic E-state index is -1.03. The van der Waals surface area contributed by atoms with Gasteiger partial charge in [0.1, 0.15) is 0 Å². The van der Waals surface area contributed by atoms with E-state index in [1.54, 1.807) is 0 Å². The zero-order valence-corrected chi connectivity index (χ0v) is 18.0. The van der Waals surface area contributed by atoms with Crippen molar-refractivity contribution in [2.75, 3.05) is 13.7 Å². The molecule has 0 atom stereocenters. The number of rotatable bonds is 8. The molecule has 1 N–H and O–H groups in total. The van der Waals surface area contributed by atoms with E-state index in [9.17, 15) is 24.5 Å². The summed E-state index contributed by atoms with van der Waals surface area (Å²) >= 11 is 0. The summed E-state index contributed by atoms with van der Waals surface area (Å²) in [6.07, 6.45) is 0. The maximum atomic E-state index is 12.4. The van der Waals surface area contributed by atoms with Crippen molar-refractivity contribution < 1.29 is 28.8 Å². The maximum Gasteiger partial charge on any atom is 0.338 e. The summed E-state index contributed by atoms with van der Waals surface area (Å²) in [5, 5.41) is 15.3. The normalized spacial score (nSPS) is 10.0. The average Bonchev–Trinajstić information content (AvgIpc) is 2.87. The van der Waals surface area contributed by atoms with Gasteiger partial charge < -0.3 is 9.47 Å². The molecule has 0 aliphatic rings. The summed E-state index contributed by atoms with van der Waals surface area (Å²) in [6.45, 7) is -0.699. The molecule has 34 heavy (non-hydrogen) atoms. The lowest BCUT2D eigenvalue weighted by Crippen LogP contribution is -2.26. The summed E-state index contributed by atoms with van der Waals surface area (Å²) in [7, 11) is 1.10. The van der Waals surface area contributed by atoms with Crippen LogP contribution in [0, 0.1) is 10.1 Å². The molecule has 3 rings (SSSR count). The van der Waals surface area contributed by atoms with Crippen molar-refractivity contribution in [3.8, 4) is 0 Å². The number of hydrogen-bond acceptors (Lipinski definition) is 8. The average molecular weight is 461 g/mol. The van der Waals surface area contributed by atoms with Gasteiger partial charge >= 0.3 is 11.9 Å². The molecule has 0 fully saturated rings. The lowest BCUT2D eigenvalue weighted by Gasteiger charge is -2.09. The Morgan fingerprint density at radius 3 is 1.88 bits per heavy atom. The number of ether oxygens (including phenoxy) is 2. The number of nitrogens with one attached hydrogen (secondary N) is 1. The second kappa shape index (κ2) is 11.1. The number of hydrazone groups is 1. The predicted octanol–water partition coefficient (Wildman–Crippen LogP) is 3.11. The Bertz CT molecular complexity index is 1200. The first-order chi connectivity index (χ1) is 16.4. The molecule has 0 heterocycles. The van der Waals surface area contributed by atoms with Crippen LogP contribution >= 0.6 is 0 Å². The smallest absolute Gasteiger partial charge is 0.338 e. The highest BCUT2D eigenvalue weighted by molar-refractivity contribution is 6.13. The Morgan fingerprint density at radius 2 is 1.38 bits per heavy atom. The first-order valence-electron chi connectivity index (χ1n) is 9.91. The summed E-state index contributed by atoms with van der Waals surface area (Å²) in [5.41, 5.74) is 3.39. The van der Waals surface area contributed by atoms with Crippen LogP contribution in [0.5, 0.6) is 0 Å². The molecule has 0 unspecified atom stereocenters. The minimum absolute atomic E-state index is 0.201. The Morgan fingerprint density at radius 1 is 0.853 bits per heavy atom. The van der Waals surface area contributed by atoms with E-state index >= 15 is 0 Å². The molecule has 0 spiro atoms. The number of amides is 1. The van der Waals surface area contributed by atoms with Gasteiger partial charge in [-0.2, -0.15) is 5.10 Å². The Balaban J connectivity index is 1.72. The van der Waals surface area contributed by atoms with Gasteiger partial charge in [-0.05, 0) is 6.07 Å². The fourth-order valence-electron chi connectivity index (χ4n) is 2.92. The summed E-state index contributed by atoms with van der Waals surface area (Å²) < 4.78 is 9.48. The largest absolute Gasteiger partial charge is 0.465 e. The molecule has 10 nitrogen and oxygen atoms in total. The van der Waals surface area contributed by atoms with Crippen molar-refractivity contribution >= 4 is 29.2 Å². The van der Waals surface area contributed by atoms with Crippen molar-refractivity contribution in [3.63, 3.8) is 0 Å². The van der Waals surface area contributed by atoms with Crippen LogP contribution in [0.2, 0.25) is 0 Å². The lowest BCUT2D eigenvalue weighted by atomic mass is 10.0. The first-order valence-corrected chi connectivity index (χ1v) is 9.91. The van der Waals surface area contributed by atoms with Crippen molar-refractivity contribution in [1.82, 2.24) is 5.43 Å². The van der Waals surface area contributed by atoms with Gasteiger partial charge in [0, 0.05) is 23.3 Å². The third-order valence-electron chi connectivity index (χ3n) is 4.51. The lowest BCUT2D eigenvalue weighted by molar-refractivity contribution is -0.384. The molecule has 10 heteroatoms.